The standard InChI is InChI=1S/C33H59N3O3/c1-22(2)30(31(38)39-5)36-29(37)10-8-9-23-12-14-27-26-13-11-24-21-25(35-20-7-6-19-34)15-17-33(24,4)28(26)16-18-32(23,27)3/h22-28,30,35H,6-21,34H2,1-5H3,(H,36,37). The minimum atomic E-state index is -0.551. The van der Waals surface area contributed by atoms with Crippen molar-refractivity contribution in [3.8, 4) is 0 Å². The van der Waals surface area contributed by atoms with E-state index in [4.69, 9.17) is 10.5 Å². The van der Waals surface area contributed by atoms with Gasteiger partial charge in [-0.2, -0.15) is 0 Å². The lowest BCUT2D eigenvalue weighted by molar-refractivity contribution is -0.146. The fraction of sp³-hybridized carbons (Fsp3) is 0.939. The summed E-state index contributed by atoms with van der Waals surface area (Å²) in [6, 6.07) is 0.160. The molecule has 0 spiro atoms. The van der Waals surface area contributed by atoms with Crippen LogP contribution in [-0.2, 0) is 14.3 Å². The van der Waals surface area contributed by atoms with E-state index in [0.717, 1.165) is 61.9 Å². The van der Waals surface area contributed by atoms with Gasteiger partial charge >= 0.3 is 5.97 Å². The number of hydrogen-bond donors (Lipinski definition) is 3. The van der Waals surface area contributed by atoms with Gasteiger partial charge in [-0.15, -0.1) is 0 Å². The van der Waals surface area contributed by atoms with E-state index < -0.39 is 6.04 Å². The normalized spacial score (nSPS) is 38.4. The highest BCUT2D eigenvalue weighted by atomic mass is 16.5. The topological polar surface area (TPSA) is 93.4 Å². The smallest absolute Gasteiger partial charge is 0.328 e. The highest BCUT2D eigenvalue weighted by Crippen LogP contribution is 2.67. The van der Waals surface area contributed by atoms with Crippen molar-refractivity contribution in [3.05, 3.63) is 0 Å². The number of nitrogens with one attached hydrogen (secondary N) is 2. The average Bonchev–Trinajstić information content (AvgIpc) is 3.25. The van der Waals surface area contributed by atoms with Crippen LogP contribution in [0.4, 0.5) is 0 Å². The van der Waals surface area contributed by atoms with E-state index in [1.54, 1.807) is 0 Å². The average molecular weight is 546 g/mol. The third-order valence-corrected chi connectivity index (χ3v) is 12.3. The molecule has 0 aromatic carbocycles. The van der Waals surface area contributed by atoms with Crippen molar-refractivity contribution in [2.24, 2.45) is 52.1 Å². The molecule has 0 aromatic rings. The zero-order chi connectivity index (χ0) is 28.2. The van der Waals surface area contributed by atoms with E-state index in [-0.39, 0.29) is 17.8 Å². The van der Waals surface area contributed by atoms with E-state index >= 15 is 0 Å². The number of rotatable bonds is 12. The number of hydrogen-bond acceptors (Lipinski definition) is 5. The van der Waals surface area contributed by atoms with Crippen molar-refractivity contribution in [1.29, 1.82) is 0 Å². The zero-order valence-corrected chi connectivity index (χ0v) is 25.7. The highest BCUT2D eigenvalue weighted by molar-refractivity contribution is 5.84. The molecule has 224 valence electrons. The molecule has 0 radical (unpaired) electrons. The van der Waals surface area contributed by atoms with Crippen molar-refractivity contribution in [1.82, 2.24) is 10.6 Å². The largest absolute Gasteiger partial charge is 0.467 e. The van der Waals surface area contributed by atoms with Crippen LogP contribution in [0.1, 0.15) is 118 Å². The fourth-order valence-corrected chi connectivity index (χ4v) is 9.98. The first-order chi connectivity index (χ1) is 18.6. The van der Waals surface area contributed by atoms with Crippen LogP contribution in [0.2, 0.25) is 0 Å². The van der Waals surface area contributed by atoms with Gasteiger partial charge < -0.3 is 21.1 Å². The molecule has 0 bridgehead atoms. The summed E-state index contributed by atoms with van der Waals surface area (Å²) in [6.07, 6.45) is 17.4. The first-order valence-corrected chi connectivity index (χ1v) is 16.4. The molecule has 0 aromatic heterocycles. The molecule has 4 aliphatic carbocycles. The molecule has 4 rings (SSSR count). The molecule has 9 atom stereocenters. The second kappa shape index (κ2) is 13.2. The summed E-state index contributed by atoms with van der Waals surface area (Å²) in [6.45, 7) is 11.1. The fourth-order valence-electron chi connectivity index (χ4n) is 9.98. The van der Waals surface area contributed by atoms with E-state index in [0.29, 0.717) is 23.3 Å². The van der Waals surface area contributed by atoms with Crippen LogP contribution in [0.5, 0.6) is 0 Å². The second-order valence-corrected chi connectivity index (χ2v) is 14.6. The molecule has 39 heavy (non-hydrogen) atoms. The van der Waals surface area contributed by atoms with Gasteiger partial charge in [-0.3, -0.25) is 4.79 Å². The van der Waals surface area contributed by atoms with E-state index in [1.165, 1.54) is 71.3 Å². The van der Waals surface area contributed by atoms with Crippen molar-refractivity contribution >= 4 is 11.9 Å². The number of nitrogens with two attached hydrogens (primary N) is 1. The van der Waals surface area contributed by atoms with E-state index in [2.05, 4.69) is 24.5 Å². The van der Waals surface area contributed by atoms with Gasteiger partial charge in [-0.25, -0.2) is 4.79 Å². The zero-order valence-electron chi connectivity index (χ0n) is 25.7. The Morgan fingerprint density at radius 2 is 1.69 bits per heavy atom. The summed E-state index contributed by atoms with van der Waals surface area (Å²) >= 11 is 0. The maximum Gasteiger partial charge on any atom is 0.328 e. The highest BCUT2D eigenvalue weighted by Gasteiger charge is 2.59. The summed E-state index contributed by atoms with van der Waals surface area (Å²) < 4.78 is 4.88. The molecule has 4 N–H and O–H groups in total. The van der Waals surface area contributed by atoms with Gasteiger partial charge in [0.15, 0.2) is 0 Å². The van der Waals surface area contributed by atoms with Crippen molar-refractivity contribution in [2.45, 2.75) is 130 Å². The summed E-state index contributed by atoms with van der Waals surface area (Å²) in [5.41, 5.74) is 6.66. The van der Waals surface area contributed by atoms with Crippen LogP contribution in [0.25, 0.3) is 0 Å². The minimum absolute atomic E-state index is 0.0155. The lowest BCUT2D eigenvalue weighted by atomic mass is 9.44. The van der Waals surface area contributed by atoms with Crippen molar-refractivity contribution < 1.29 is 14.3 Å². The first kappa shape index (κ1) is 30.8. The molecule has 4 aliphatic rings. The maximum atomic E-state index is 12.7. The summed E-state index contributed by atoms with van der Waals surface area (Å²) in [7, 11) is 1.39. The van der Waals surface area contributed by atoms with Gasteiger partial charge in [0.2, 0.25) is 5.91 Å². The Kier molecular flexibility index (Phi) is 10.5. The minimum Gasteiger partial charge on any atom is -0.467 e. The predicted octanol–water partition coefficient (Wildman–Crippen LogP) is 5.83. The summed E-state index contributed by atoms with van der Waals surface area (Å²) in [4.78, 5) is 24.7. The second-order valence-electron chi connectivity index (χ2n) is 14.6. The molecule has 1 amide bonds. The van der Waals surface area contributed by atoms with Gasteiger partial charge in [0.1, 0.15) is 6.04 Å². The van der Waals surface area contributed by atoms with Gasteiger partial charge in [-0.05, 0) is 143 Å². The first-order valence-electron chi connectivity index (χ1n) is 16.4. The van der Waals surface area contributed by atoms with Crippen LogP contribution < -0.4 is 16.4 Å². The molecular weight excluding hydrogens is 486 g/mol. The number of methoxy groups -OCH3 is 1. The monoisotopic (exact) mass is 545 g/mol. The Labute approximate surface area is 238 Å². The molecule has 6 nitrogen and oxygen atoms in total. The lowest BCUT2D eigenvalue weighted by Gasteiger charge is -2.61. The van der Waals surface area contributed by atoms with Gasteiger partial charge in [0, 0.05) is 12.5 Å². The number of esters is 1. The Bertz CT molecular complexity index is 833. The molecule has 0 saturated heterocycles. The third kappa shape index (κ3) is 6.52. The quantitative estimate of drug-likeness (QED) is 0.212. The number of carbonyl (C=O) groups excluding carboxylic acids is 2. The number of amides is 1. The number of fused-ring (bicyclic) bond motifs is 5. The van der Waals surface area contributed by atoms with Gasteiger partial charge in [0.25, 0.3) is 0 Å². The molecular formula is C33H59N3O3. The molecule has 4 saturated carbocycles. The lowest BCUT2D eigenvalue weighted by Crippen LogP contribution is -2.55. The van der Waals surface area contributed by atoms with E-state index in [1.807, 2.05) is 13.8 Å². The van der Waals surface area contributed by atoms with Gasteiger partial charge in [-0.1, -0.05) is 27.7 Å². The summed E-state index contributed by atoms with van der Waals surface area (Å²) in [5.74, 6) is 3.95. The molecule has 4 fully saturated rings. The van der Waals surface area contributed by atoms with Crippen LogP contribution >= 0.6 is 0 Å². The molecule has 0 heterocycles. The Hall–Kier alpha value is -1.14. The molecule has 6 heteroatoms. The Morgan fingerprint density at radius 1 is 0.949 bits per heavy atom. The number of ether oxygens (including phenoxy) is 1. The van der Waals surface area contributed by atoms with Crippen LogP contribution in [0.15, 0.2) is 0 Å². The predicted molar refractivity (Wildman–Crippen MR) is 158 cm³/mol. The third-order valence-electron chi connectivity index (χ3n) is 12.3. The maximum absolute atomic E-state index is 12.7. The number of carbonyl (C=O) groups is 2. The number of unbranched alkanes of at least 4 members (excludes halogenated alkanes) is 1. The molecule has 0 aliphatic heterocycles. The van der Waals surface area contributed by atoms with Crippen molar-refractivity contribution in [2.75, 3.05) is 20.2 Å². The summed E-state index contributed by atoms with van der Waals surface area (Å²) in [5, 5.41) is 6.80. The SMILES string of the molecule is COC(=O)C(NC(=O)CCCC1CCC2C3CCC4CC(NCCCCN)CCC4(C)C3CCC12C)C(C)C. The van der Waals surface area contributed by atoms with Crippen molar-refractivity contribution in [3.63, 3.8) is 0 Å². The van der Waals surface area contributed by atoms with Gasteiger partial charge in [0.05, 0.1) is 7.11 Å². The van der Waals surface area contributed by atoms with Crippen LogP contribution in [0, 0.1) is 46.3 Å². The Balaban J connectivity index is 1.29. The van der Waals surface area contributed by atoms with Crippen LogP contribution in [0.3, 0.4) is 0 Å². The van der Waals surface area contributed by atoms with Crippen LogP contribution in [-0.4, -0.2) is 44.2 Å². The van der Waals surface area contributed by atoms with E-state index in [9.17, 15) is 9.59 Å². The Morgan fingerprint density at radius 3 is 2.41 bits per heavy atom. The molecule has 9 unspecified atom stereocenters.